The van der Waals surface area contributed by atoms with Crippen molar-refractivity contribution in [2.24, 2.45) is 0 Å². The maximum Gasteiger partial charge on any atom is 1.00 e. The summed E-state index contributed by atoms with van der Waals surface area (Å²) < 4.78 is 73.5. The van der Waals surface area contributed by atoms with Crippen LogP contribution in [0.2, 0.25) is 0 Å². The van der Waals surface area contributed by atoms with Gasteiger partial charge in [0.05, 0.1) is 9.79 Å². The minimum absolute atomic E-state index is 0. The average Bonchev–Trinajstić information content (AvgIpc) is 2.69. The zero-order valence-electron chi connectivity index (χ0n) is 19.6. The largest absolute Gasteiger partial charge is 1.00 e. The molecule has 2 aromatic carbocycles. The van der Waals surface area contributed by atoms with Crippen molar-refractivity contribution in [2.75, 3.05) is 0 Å². The SMILES string of the molecule is CCCCCCCCCCc1cc(Oc2ccc(S(=O)(=O)[O-])cc2)ccc1S(=O)(=O)[O-].[Na+].[Na+]. The van der Waals surface area contributed by atoms with E-state index >= 15 is 0 Å². The molecule has 0 saturated carbocycles. The molecule has 0 fully saturated rings. The van der Waals surface area contributed by atoms with Gasteiger partial charge in [0.15, 0.2) is 0 Å². The number of rotatable bonds is 13. The van der Waals surface area contributed by atoms with E-state index in [2.05, 4.69) is 6.92 Å². The van der Waals surface area contributed by atoms with Crippen LogP contribution in [0.15, 0.2) is 52.3 Å². The van der Waals surface area contributed by atoms with Crippen molar-refractivity contribution in [3.8, 4) is 11.5 Å². The molecule has 0 radical (unpaired) electrons. The third-order valence-corrected chi connectivity index (χ3v) is 6.74. The Balaban J connectivity index is 0.00000512. The molecule has 2 rings (SSSR count). The van der Waals surface area contributed by atoms with E-state index in [4.69, 9.17) is 4.74 Å². The molecule has 0 amide bonds. The second-order valence-electron chi connectivity index (χ2n) is 7.48. The molecule has 2 aromatic rings. The van der Waals surface area contributed by atoms with Gasteiger partial charge in [0.2, 0.25) is 0 Å². The first-order valence-corrected chi connectivity index (χ1v) is 13.3. The topological polar surface area (TPSA) is 124 Å². The third kappa shape index (κ3) is 12.0. The van der Waals surface area contributed by atoms with E-state index in [0.29, 0.717) is 17.7 Å². The van der Waals surface area contributed by atoms with Crippen molar-refractivity contribution >= 4 is 20.2 Å². The van der Waals surface area contributed by atoms with Gasteiger partial charge in [-0.2, -0.15) is 0 Å². The van der Waals surface area contributed by atoms with Gasteiger partial charge >= 0.3 is 59.1 Å². The monoisotopic (exact) mass is 514 g/mol. The van der Waals surface area contributed by atoms with Gasteiger partial charge in [-0.05, 0) is 60.9 Å². The summed E-state index contributed by atoms with van der Waals surface area (Å²) in [4.78, 5) is -0.626. The maximum absolute atomic E-state index is 11.6. The molecule has 0 saturated heterocycles. The van der Waals surface area contributed by atoms with E-state index in [-0.39, 0.29) is 74.7 Å². The molecule has 0 aliphatic carbocycles. The van der Waals surface area contributed by atoms with Crippen LogP contribution in [0.1, 0.15) is 63.9 Å². The molecule has 0 aliphatic heterocycles. The molecule has 7 nitrogen and oxygen atoms in total. The fraction of sp³-hybridized carbons (Fsp3) is 0.455. The Morgan fingerprint density at radius 3 is 1.73 bits per heavy atom. The number of aryl methyl sites for hydroxylation is 1. The molecule has 0 aromatic heterocycles. The van der Waals surface area contributed by atoms with Crippen LogP contribution in [-0.4, -0.2) is 25.9 Å². The van der Waals surface area contributed by atoms with Gasteiger partial charge in [-0.1, -0.05) is 51.9 Å². The van der Waals surface area contributed by atoms with E-state index in [9.17, 15) is 25.9 Å². The smallest absolute Gasteiger partial charge is 0.744 e. The molecular weight excluding hydrogens is 486 g/mol. The van der Waals surface area contributed by atoms with Crippen LogP contribution in [0, 0.1) is 0 Å². The molecule has 11 heteroatoms. The fourth-order valence-electron chi connectivity index (χ4n) is 3.32. The van der Waals surface area contributed by atoms with Gasteiger partial charge in [0.25, 0.3) is 0 Å². The van der Waals surface area contributed by atoms with Gasteiger partial charge in [0.1, 0.15) is 31.7 Å². The molecule has 0 spiro atoms. The van der Waals surface area contributed by atoms with Crippen LogP contribution in [0.5, 0.6) is 11.5 Å². The van der Waals surface area contributed by atoms with Crippen LogP contribution in [0.3, 0.4) is 0 Å². The average molecular weight is 515 g/mol. The number of hydrogen-bond acceptors (Lipinski definition) is 7. The Bertz CT molecular complexity index is 1050. The van der Waals surface area contributed by atoms with Crippen molar-refractivity contribution in [3.63, 3.8) is 0 Å². The standard InChI is InChI=1S/C22H30O7S2.2Na/c1-2-3-4-5-6-7-8-9-10-18-17-20(13-16-22(18)31(26,27)28)29-19-11-14-21(15-12-19)30(23,24)25;;/h11-17H,2-10H2,1H3,(H,23,24,25)(H,26,27,28);;/q;2*+1/p-2. The number of hydrogen-bond donors (Lipinski definition) is 0. The summed E-state index contributed by atoms with van der Waals surface area (Å²) in [7, 11) is -9.16. The van der Waals surface area contributed by atoms with Crippen molar-refractivity contribution in [1.29, 1.82) is 0 Å². The Kier molecular flexibility index (Phi) is 16.0. The molecular formula is C22H28Na2O7S2. The van der Waals surface area contributed by atoms with Crippen LogP contribution >= 0.6 is 0 Å². The quantitative estimate of drug-likeness (QED) is 0.190. The Morgan fingerprint density at radius 2 is 1.21 bits per heavy atom. The first-order chi connectivity index (χ1) is 14.6. The first-order valence-electron chi connectivity index (χ1n) is 10.4. The Hall–Kier alpha value is 0.0600. The second kappa shape index (κ2) is 15.9. The molecule has 0 heterocycles. The van der Waals surface area contributed by atoms with Crippen LogP contribution < -0.4 is 63.9 Å². The van der Waals surface area contributed by atoms with E-state index in [0.717, 1.165) is 37.8 Å². The van der Waals surface area contributed by atoms with Gasteiger partial charge in [-0.3, -0.25) is 0 Å². The molecule has 0 atom stereocenters. The summed E-state index contributed by atoms with van der Waals surface area (Å²) >= 11 is 0. The van der Waals surface area contributed by atoms with Crippen LogP contribution in [-0.2, 0) is 26.7 Å². The maximum atomic E-state index is 11.6. The number of unbranched alkanes of at least 4 members (excludes halogenated alkanes) is 7. The summed E-state index contributed by atoms with van der Waals surface area (Å²) in [6.45, 7) is 2.17. The van der Waals surface area contributed by atoms with Gasteiger partial charge < -0.3 is 13.8 Å². The Morgan fingerprint density at radius 1 is 0.697 bits per heavy atom. The predicted octanol–water partition coefficient (Wildman–Crippen LogP) is -1.02. The molecule has 33 heavy (non-hydrogen) atoms. The zero-order valence-corrected chi connectivity index (χ0v) is 25.2. The van der Waals surface area contributed by atoms with Gasteiger partial charge in [-0.15, -0.1) is 0 Å². The van der Waals surface area contributed by atoms with Crippen molar-refractivity contribution in [2.45, 2.75) is 74.5 Å². The molecule has 0 unspecified atom stereocenters. The van der Waals surface area contributed by atoms with Gasteiger partial charge in [0, 0.05) is 0 Å². The summed E-state index contributed by atoms with van der Waals surface area (Å²) in [5.74, 6) is 0.600. The third-order valence-electron chi connectivity index (χ3n) is 4.95. The number of ether oxygens (including phenoxy) is 1. The van der Waals surface area contributed by atoms with E-state index < -0.39 is 20.2 Å². The summed E-state index contributed by atoms with van der Waals surface area (Å²) in [6.07, 6.45) is 9.23. The minimum Gasteiger partial charge on any atom is -0.744 e. The first kappa shape index (κ1) is 33.1. The second-order valence-corrected chi connectivity index (χ2v) is 10.2. The van der Waals surface area contributed by atoms with E-state index in [1.807, 2.05) is 0 Å². The van der Waals surface area contributed by atoms with Crippen molar-refractivity contribution in [1.82, 2.24) is 0 Å². The summed E-state index contributed by atoms with van der Waals surface area (Å²) in [6, 6.07) is 9.06. The fourth-order valence-corrected chi connectivity index (χ4v) is 4.50. The van der Waals surface area contributed by atoms with E-state index in [1.54, 1.807) is 0 Å². The normalized spacial score (nSPS) is 11.4. The van der Waals surface area contributed by atoms with E-state index in [1.165, 1.54) is 56.0 Å². The molecule has 0 bridgehead atoms. The predicted molar refractivity (Wildman–Crippen MR) is 115 cm³/mol. The molecule has 172 valence electrons. The summed E-state index contributed by atoms with van der Waals surface area (Å²) in [5.41, 5.74) is 0.400. The van der Waals surface area contributed by atoms with Crippen LogP contribution in [0.4, 0.5) is 0 Å². The van der Waals surface area contributed by atoms with Crippen molar-refractivity contribution < 1.29 is 89.8 Å². The number of benzene rings is 2. The molecule has 0 aliphatic rings. The van der Waals surface area contributed by atoms with Crippen LogP contribution in [0.25, 0.3) is 0 Å². The minimum atomic E-state index is -4.61. The summed E-state index contributed by atoms with van der Waals surface area (Å²) in [5, 5.41) is 0. The zero-order chi connectivity index (χ0) is 22.9. The molecule has 0 N–H and O–H groups in total. The Labute approximate surface area is 241 Å². The van der Waals surface area contributed by atoms with Gasteiger partial charge in [-0.25, -0.2) is 16.8 Å². The van der Waals surface area contributed by atoms with Crippen molar-refractivity contribution in [3.05, 3.63) is 48.0 Å².